The monoisotopic (exact) mass is 451 g/mol. The van der Waals surface area contributed by atoms with E-state index in [1.165, 1.54) is 0 Å². The van der Waals surface area contributed by atoms with Crippen molar-refractivity contribution in [1.29, 1.82) is 0 Å². The van der Waals surface area contributed by atoms with E-state index >= 15 is 0 Å². The average Bonchev–Trinajstić information content (AvgIpc) is 3.26. The van der Waals surface area contributed by atoms with Crippen LogP contribution in [-0.4, -0.2) is 74.0 Å². The van der Waals surface area contributed by atoms with Crippen molar-refractivity contribution < 1.29 is 19.1 Å². The minimum atomic E-state index is -0.420. The van der Waals surface area contributed by atoms with Gasteiger partial charge in [0.05, 0.1) is 13.0 Å². The summed E-state index contributed by atoms with van der Waals surface area (Å²) in [6.45, 7) is 3.35. The lowest BCUT2D eigenvalue weighted by atomic mass is 10.1. The van der Waals surface area contributed by atoms with E-state index in [0.717, 1.165) is 24.6 Å². The minimum absolute atomic E-state index is 0.0262. The van der Waals surface area contributed by atoms with Gasteiger partial charge in [-0.15, -0.1) is 0 Å². The molecule has 0 bridgehead atoms. The summed E-state index contributed by atoms with van der Waals surface area (Å²) in [7, 11) is 1.59. The Balaban J connectivity index is 1.19. The molecule has 0 unspecified atom stereocenters. The Morgan fingerprint density at radius 3 is 2.52 bits per heavy atom. The summed E-state index contributed by atoms with van der Waals surface area (Å²) in [5.41, 5.74) is 0.746. The normalized spacial score (nSPS) is 18.4. The molecule has 4 rings (SSSR count). The molecule has 174 valence electrons. The minimum Gasteiger partial charge on any atom is -0.497 e. The molecule has 0 saturated carbocycles. The summed E-state index contributed by atoms with van der Waals surface area (Å²) in [6, 6.07) is 13.0. The second-order valence-electron chi connectivity index (χ2n) is 8.20. The van der Waals surface area contributed by atoms with Crippen molar-refractivity contribution in [2.75, 3.05) is 56.2 Å². The number of nitrogens with zero attached hydrogens (tertiary/aromatic N) is 4. The summed E-state index contributed by atoms with van der Waals surface area (Å²) in [5.74, 6) is 0.971. The smallest absolute Gasteiger partial charge is 0.227 e. The number of ether oxygens (including phenoxy) is 1. The molecule has 0 radical (unpaired) electrons. The maximum atomic E-state index is 12.6. The average molecular weight is 452 g/mol. The third kappa shape index (κ3) is 5.42. The number of piperazine rings is 1. The number of hydrogen-bond acceptors (Lipinski definition) is 6. The highest BCUT2D eigenvalue weighted by atomic mass is 16.5. The molecule has 1 aromatic heterocycles. The zero-order chi connectivity index (χ0) is 23.2. The fourth-order valence-corrected chi connectivity index (χ4v) is 4.22. The molecule has 2 fully saturated rings. The highest BCUT2D eigenvalue weighted by Gasteiger charge is 2.35. The zero-order valence-electron chi connectivity index (χ0n) is 18.8. The number of carbonyl (C=O) groups is 3. The Hall–Kier alpha value is -3.62. The van der Waals surface area contributed by atoms with Gasteiger partial charge in [-0.3, -0.25) is 14.4 Å². The van der Waals surface area contributed by atoms with Crippen LogP contribution in [0.15, 0.2) is 48.7 Å². The van der Waals surface area contributed by atoms with Crippen molar-refractivity contribution >= 4 is 29.2 Å². The molecule has 9 nitrogen and oxygen atoms in total. The molecule has 3 heterocycles. The fraction of sp³-hybridized carbons (Fsp3) is 0.417. The summed E-state index contributed by atoms with van der Waals surface area (Å²) < 4.78 is 5.15. The van der Waals surface area contributed by atoms with Gasteiger partial charge >= 0.3 is 0 Å². The Bertz CT molecular complexity index is 974. The van der Waals surface area contributed by atoms with Crippen molar-refractivity contribution in [3.8, 4) is 5.75 Å². The number of carbonyl (C=O) groups excluding carboxylic acids is 3. The molecule has 2 aliphatic heterocycles. The van der Waals surface area contributed by atoms with Gasteiger partial charge in [0.15, 0.2) is 0 Å². The largest absolute Gasteiger partial charge is 0.497 e. The first-order valence-electron chi connectivity index (χ1n) is 11.2. The van der Waals surface area contributed by atoms with E-state index in [4.69, 9.17) is 4.74 Å². The van der Waals surface area contributed by atoms with Crippen LogP contribution in [0.3, 0.4) is 0 Å². The van der Waals surface area contributed by atoms with E-state index in [2.05, 4.69) is 15.2 Å². The molecular formula is C24H29N5O4. The van der Waals surface area contributed by atoms with Gasteiger partial charge in [0, 0.05) is 64.0 Å². The van der Waals surface area contributed by atoms with Gasteiger partial charge in [-0.1, -0.05) is 6.07 Å². The molecule has 0 spiro atoms. The van der Waals surface area contributed by atoms with Gasteiger partial charge in [-0.2, -0.15) is 0 Å². The second-order valence-corrected chi connectivity index (χ2v) is 8.20. The number of pyridine rings is 1. The number of nitrogens with one attached hydrogen (secondary N) is 1. The topological polar surface area (TPSA) is 95.1 Å². The van der Waals surface area contributed by atoms with Gasteiger partial charge in [-0.25, -0.2) is 4.98 Å². The van der Waals surface area contributed by atoms with Crippen molar-refractivity contribution in [1.82, 2.24) is 15.2 Å². The predicted molar refractivity (Wildman–Crippen MR) is 124 cm³/mol. The van der Waals surface area contributed by atoms with E-state index in [-0.39, 0.29) is 37.1 Å². The van der Waals surface area contributed by atoms with Crippen molar-refractivity contribution in [3.63, 3.8) is 0 Å². The molecule has 0 aliphatic carbocycles. The Morgan fingerprint density at radius 1 is 1.09 bits per heavy atom. The van der Waals surface area contributed by atoms with Crippen LogP contribution in [-0.2, 0) is 14.4 Å². The molecule has 1 N–H and O–H groups in total. The van der Waals surface area contributed by atoms with Crippen LogP contribution >= 0.6 is 0 Å². The summed E-state index contributed by atoms with van der Waals surface area (Å²) in [4.78, 5) is 47.5. The van der Waals surface area contributed by atoms with E-state index in [0.29, 0.717) is 25.4 Å². The molecule has 1 aromatic carbocycles. The summed E-state index contributed by atoms with van der Waals surface area (Å²) in [5, 5.41) is 2.83. The number of benzene rings is 1. The van der Waals surface area contributed by atoms with Crippen molar-refractivity contribution in [3.05, 3.63) is 48.7 Å². The number of amides is 3. The van der Waals surface area contributed by atoms with Gasteiger partial charge < -0.3 is 24.8 Å². The Morgan fingerprint density at radius 2 is 1.85 bits per heavy atom. The molecule has 9 heteroatoms. The Kier molecular flexibility index (Phi) is 7.07. The van der Waals surface area contributed by atoms with Gasteiger partial charge in [-0.05, 0) is 36.4 Å². The van der Waals surface area contributed by atoms with Crippen molar-refractivity contribution in [2.45, 2.75) is 12.8 Å². The van der Waals surface area contributed by atoms with E-state index < -0.39 is 5.92 Å². The lowest BCUT2D eigenvalue weighted by Crippen LogP contribution is -2.49. The van der Waals surface area contributed by atoms with Crippen LogP contribution in [0.2, 0.25) is 0 Å². The van der Waals surface area contributed by atoms with Crippen LogP contribution in [0.25, 0.3) is 0 Å². The number of anilines is 2. The molecule has 2 saturated heterocycles. The third-order valence-corrected chi connectivity index (χ3v) is 6.12. The first-order valence-corrected chi connectivity index (χ1v) is 11.2. The van der Waals surface area contributed by atoms with Crippen LogP contribution in [0, 0.1) is 5.92 Å². The molecule has 33 heavy (non-hydrogen) atoms. The first kappa shape index (κ1) is 22.6. The number of hydrogen-bond donors (Lipinski definition) is 1. The lowest BCUT2D eigenvalue weighted by Gasteiger charge is -2.35. The highest BCUT2D eigenvalue weighted by Crippen LogP contribution is 2.27. The number of rotatable bonds is 7. The first-order chi connectivity index (χ1) is 16.0. The summed E-state index contributed by atoms with van der Waals surface area (Å²) >= 11 is 0. The lowest BCUT2D eigenvalue weighted by molar-refractivity contribution is -0.131. The van der Waals surface area contributed by atoms with E-state index in [1.807, 2.05) is 35.2 Å². The molecular weight excluding hydrogens is 422 g/mol. The predicted octanol–water partition coefficient (Wildman–Crippen LogP) is 1.30. The van der Waals surface area contributed by atoms with Gasteiger partial charge in [0.2, 0.25) is 17.7 Å². The van der Waals surface area contributed by atoms with Gasteiger partial charge in [0.1, 0.15) is 11.6 Å². The fourth-order valence-electron chi connectivity index (χ4n) is 4.22. The standard InChI is InChI=1S/C24H29N5O4/c1-33-20-7-5-19(6-8-20)29-17-18(16-23(29)31)24(32)26-11-9-22(30)28-14-12-27(13-15-28)21-4-2-3-10-25-21/h2-8,10,18H,9,11-17H2,1H3,(H,26,32)/t18-/m1/s1. The van der Waals surface area contributed by atoms with Crippen LogP contribution in [0.5, 0.6) is 5.75 Å². The maximum absolute atomic E-state index is 12.6. The molecule has 1 atom stereocenters. The quantitative estimate of drug-likeness (QED) is 0.682. The summed E-state index contributed by atoms with van der Waals surface area (Å²) in [6.07, 6.45) is 2.18. The molecule has 2 aromatic rings. The third-order valence-electron chi connectivity index (χ3n) is 6.12. The van der Waals surface area contributed by atoms with Crippen molar-refractivity contribution in [2.24, 2.45) is 5.92 Å². The van der Waals surface area contributed by atoms with E-state index in [1.54, 1.807) is 30.3 Å². The van der Waals surface area contributed by atoms with Crippen LogP contribution in [0.4, 0.5) is 11.5 Å². The Labute approximate surface area is 193 Å². The zero-order valence-corrected chi connectivity index (χ0v) is 18.8. The highest BCUT2D eigenvalue weighted by molar-refractivity contribution is 6.00. The molecule has 3 amide bonds. The van der Waals surface area contributed by atoms with Crippen LogP contribution < -0.4 is 19.9 Å². The number of aromatic nitrogens is 1. The SMILES string of the molecule is COc1ccc(N2C[C@H](C(=O)NCCC(=O)N3CCN(c4ccccn4)CC3)CC2=O)cc1. The van der Waals surface area contributed by atoms with Gasteiger partial charge in [0.25, 0.3) is 0 Å². The number of methoxy groups -OCH3 is 1. The molecule has 2 aliphatic rings. The van der Waals surface area contributed by atoms with E-state index in [9.17, 15) is 14.4 Å². The maximum Gasteiger partial charge on any atom is 0.227 e. The van der Waals surface area contributed by atoms with Crippen LogP contribution in [0.1, 0.15) is 12.8 Å². The second kappa shape index (κ2) is 10.3.